The van der Waals surface area contributed by atoms with Gasteiger partial charge in [-0.15, -0.1) is 0 Å². The van der Waals surface area contributed by atoms with Gasteiger partial charge < -0.3 is 9.64 Å². The van der Waals surface area contributed by atoms with Crippen molar-refractivity contribution in [2.45, 2.75) is 12.8 Å². The van der Waals surface area contributed by atoms with Gasteiger partial charge in [-0.3, -0.25) is 9.59 Å². The third kappa shape index (κ3) is 4.37. The quantitative estimate of drug-likeness (QED) is 0.588. The molecule has 0 N–H and O–H groups in total. The van der Waals surface area contributed by atoms with E-state index in [-0.39, 0.29) is 5.91 Å². The molecule has 0 fully saturated rings. The van der Waals surface area contributed by atoms with Crippen LogP contribution in [0.4, 0.5) is 0 Å². The Bertz CT molecular complexity index is 432. The fraction of sp³-hybridized carbons (Fsp3) is 0.385. The molecule has 0 atom stereocenters. The average Bonchev–Trinajstić information content (AvgIpc) is 2.35. The van der Waals surface area contributed by atoms with Crippen molar-refractivity contribution < 1.29 is 14.3 Å². The minimum atomic E-state index is 0.0605. The Morgan fingerprint density at radius 1 is 1.44 bits per heavy atom. The van der Waals surface area contributed by atoms with E-state index >= 15 is 0 Å². The first kappa shape index (κ1) is 14.5. The highest BCUT2D eigenvalue weighted by atomic mass is 35.5. The molecule has 0 saturated heterocycles. The summed E-state index contributed by atoms with van der Waals surface area (Å²) < 4.78 is 5.45. The summed E-state index contributed by atoms with van der Waals surface area (Å²) in [6.45, 7) is 0.391. The van der Waals surface area contributed by atoms with E-state index in [0.717, 1.165) is 0 Å². The Morgan fingerprint density at radius 2 is 2.17 bits per heavy atom. The second kappa shape index (κ2) is 7.01. The van der Waals surface area contributed by atoms with Gasteiger partial charge >= 0.3 is 0 Å². The van der Waals surface area contributed by atoms with Crippen molar-refractivity contribution in [3.8, 4) is 5.75 Å². The van der Waals surface area contributed by atoms with E-state index in [1.807, 2.05) is 0 Å². The minimum absolute atomic E-state index is 0.0605. The first-order valence-corrected chi connectivity index (χ1v) is 6.00. The van der Waals surface area contributed by atoms with Crippen LogP contribution in [-0.2, 0) is 4.79 Å². The molecule has 5 heteroatoms. The highest BCUT2D eigenvalue weighted by Gasteiger charge is 2.06. The number of halogens is 1. The van der Waals surface area contributed by atoms with Crippen LogP contribution >= 0.6 is 11.6 Å². The molecule has 0 bridgehead atoms. The number of carbonyl (C=O) groups excluding carboxylic acids is 2. The lowest BCUT2D eigenvalue weighted by atomic mass is 10.2. The van der Waals surface area contributed by atoms with Crippen LogP contribution in [0.15, 0.2) is 18.2 Å². The predicted molar refractivity (Wildman–Crippen MR) is 70.3 cm³/mol. The Kier molecular flexibility index (Phi) is 5.65. The summed E-state index contributed by atoms with van der Waals surface area (Å²) in [5, 5.41) is 0.493. The van der Waals surface area contributed by atoms with Crippen LogP contribution < -0.4 is 4.74 Å². The second-order valence-electron chi connectivity index (χ2n) is 4.04. The van der Waals surface area contributed by atoms with Gasteiger partial charge in [-0.1, -0.05) is 11.6 Å². The molecule has 0 spiro atoms. The van der Waals surface area contributed by atoms with E-state index in [4.69, 9.17) is 16.3 Å². The van der Waals surface area contributed by atoms with Gasteiger partial charge in [0.15, 0.2) is 6.29 Å². The van der Waals surface area contributed by atoms with Gasteiger partial charge in [-0.05, 0) is 24.6 Å². The number of nitrogens with zero attached hydrogens (tertiary/aromatic N) is 1. The van der Waals surface area contributed by atoms with Gasteiger partial charge in [0.25, 0.3) is 0 Å². The number of hydrogen-bond donors (Lipinski definition) is 0. The third-order valence-corrected chi connectivity index (χ3v) is 2.63. The molecule has 0 unspecified atom stereocenters. The summed E-state index contributed by atoms with van der Waals surface area (Å²) in [6, 6.07) is 4.86. The van der Waals surface area contributed by atoms with Gasteiger partial charge in [0, 0.05) is 25.5 Å². The van der Waals surface area contributed by atoms with E-state index in [2.05, 4.69) is 0 Å². The minimum Gasteiger partial charge on any atom is -0.493 e. The molecule has 18 heavy (non-hydrogen) atoms. The molecule has 0 aliphatic rings. The molecule has 1 aromatic carbocycles. The number of benzene rings is 1. The topological polar surface area (TPSA) is 46.6 Å². The van der Waals surface area contributed by atoms with Crippen molar-refractivity contribution in [3.63, 3.8) is 0 Å². The van der Waals surface area contributed by atoms with Crippen molar-refractivity contribution >= 4 is 23.8 Å². The SMILES string of the molecule is CN(C)C(=O)CCCOc1ccc(Cl)cc1C=O. The fourth-order valence-electron chi connectivity index (χ4n) is 1.37. The van der Waals surface area contributed by atoms with Crippen LogP contribution in [0.5, 0.6) is 5.75 Å². The standard InChI is InChI=1S/C13H16ClNO3/c1-15(2)13(17)4-3-7-18-12-6-5-11(14)8-10(12)9-16/h5-6,8-9H,3-4,7H2,1-2H3. The lowest BCUT2D eigenvalue weighted by Crippen LogP contribution is -2.21. The normalized spacial score (nSPS) is 9.94. The predicted octanol–water partition coefficient (Wildman–Crippen LogP) is 2.40. The smallest absolute Gasteiger partial charge is 0.222 e. The number of ether oxygens (including phenoxy) is 1. The van der Waals surface area contributed by atoms with Gasteiger partial charge in [0.1, 0.15) is 5.75 Å². The number of amides is 1. The zero-order valence-electron chi connectivity index (χ0n) is 10.5. The van der Waals surface area contributed by atoms with Crippen LogP contribution in [0.3, 0.4) is 0 Å². The maximum atomic E-state index is 11.3. The monoisotopic (exact) mass is 269 g/mol. The summed E-state index contributed by atoms with van der Waals surface area (Å²) in [5.74, 6) is 0.553. The van der Waals surface area contributed by atoms with E-state index < -0.39 is 0 Å². The molecule has 1 amide bonds. The molecular formula is C13H16ClNO3. The van der Waals surface area contributed by atoms with E-state index in [1.165, 1.54) is 0 Å². The van der Waals surface area contributed by atoms with Crippen LogP contribution in [-0.4, -0.2) is 37.8 Å². The molecule has 0 heterocycles. The first-order chi connectivity index (χ1) is 8.54. The molecule has 0 aromatic heterocycles. The molecule has 98 valence electrons. The lowest BCUT2D eigenvalue weighted by Gasteiger charge is -2.11. The molecule has 0 aliphatic carbocycles. The number of hydrogen-bond acceptors (Lipinski definition) is 3. The van der Waals surface area contributed by atoms with Crippen LogP contribution in [0.2, 0.25) is 5.02 Å². The summed E-state index contributed by atoms with van der Waals surface area (Å²) in [4.78, 5) is 23.7. The maximum absolute atomic E-state index is 11.3. The summed E-state index contributed by atoms with van der Waals surface area (Å²) in [6.07, 6.45) is 1.74. The van der Waals surface area contributed by atoms with Gasteiger partial charge in [-0.25, -0.2) is 0 Å². The largest absolute Gasteiger partial charge is 0.493 e. The second-order valence-corrected chi connectivity index (χ2v) is 4.48. The molecular weight excluding hydrogens is 254 g/mol. The maximum Gasteiger partial charge on any atom is 0.222 e. The van der Waals surface area contributed by atoms with E-state index in [0.29, 0.717) is 42.1 Å². The molecule has 1 rings (SSSR count). The molecule has 1 aromatic rings. The van der Waals surface area contributed by atoms with Gasteiger partial charge in [0.05, 0.1) is 12.2 Å². The Hall–Kier alpha value is -1.55. The first-order valence-electron chi connectivity index (χ1n) is 5.62. The van der Waals surface area contributed by atoms with Crippen molar-refractivity contribution in [2.75, 3.05) is 20.7 Å². The Labute approximate surface area is 111 Å². The molecule has 0 aliphatic heterocycles. The van der Waals surface area contributed by atoms with Gasteiger partial charge in [-0.2, -0.15) is 0 Å². The zero-order chi connectivity index (χ0) is 13.5. The highest BCUT2D eigenvalue weighted by molar-refractivity contribution is 6.30. The average molecular weight is 270 g/mol. The van der Waals surface area contributed by atoms with Crippen molar-refractivity contribution in [1.82, 2.24) is 4.90 Å². The van der Waals surface area contributed by atoms with Crippen LogP contribution in [0, 0.1) is 0 Å². The lowest BCUT2D eigenvalue weighted by molar-refractivity contribution is -0.128. The third-order valence-electron chi connectivity index (χ3n) is 2.39. The summed E-state index contributed by atoms with van der Waals surface area (Å²) >= 11 is 5.77. The van der Waals surface area contributed by atoms with Crippen LogP contribution in [0.25, 0.3) is 0 Å². The molecule has 4 nitrogen and oxygen atoms in total. The van der Waals surface area contributed by atoms with Crippen molar-refractivity contribution in [2.24, 2.45) is 0 Å². The summed E-state index contributed by atoms with van der Waals surface area (Å²) in [5.41, 5.74) is 0.418. The van der Waals surface area contributed by atoms with Crippen LogP contribution in [0.1, 0.15) is 23.2 Å². The Morgan fingerprint density at radius 3 is 2.78 bits per heavy atom. The van der Waals surface area contributed by atoms with Gasteiger partial charge in [0.2, 0.25) is 5.91 Å². The summed E-state index contributed by atoms with van der Waals surface area (Å²) in [7, 11) is 3.43. The number of carbonyl (C=O) groups is 2. The number of rotatable bonds is 6. The Balaban J connectivity index is 2.44. The van der Waals surface area contributed by atoms with E-state index in [9.17, 15) is 9.59 Å². The van der Waals surface area contributed by atoms with Crippen molar-refractivity contribution in [3.05, 3.63) is 28.8 Å². The molecule has 0 saturated carbocycles. The zero-order valence-corrected chi connectivity index (χ0v) is 11.2. The fourth-order valence-corrected chi connectivity index (χ4v) is 1.55. The van der Waals surface area contributed by atoms with E-state index in [1.54, 1.807) is 37.2 Å². The molecule has 0 radical (unpaired) electrons. The number of aldehydes is 1. The van der Waals surface area contributed by atoms with Crippen molar-refractivity contribution in [1.29, 1.82) is 0 Å². The highest BCUT2D eigenvalue weighted by Crippen LogP contribution is 2.21.